The molecule has 1 saturated heterocycles. The van der Waals surface area contributed by atoms with Gasteiger partial charge < -0.3 is 30.3 Å². The molecule has 0 unspecified atom stereocenters. The minimum Gasteiger partial charge on any atom is -0.475 e. The molecule has 0 atom stereocenters. The van der Waals surface area contributed by atoms with Gasteiger partial charge in [-0.05, 0) is 56.1 Å². The standard InChI is InChI=1S/C28H33ClFN7O3/c1-36-8-10-37(11-9-36)7-5-27(39)33-26-15-20(4-6-31-26)32-25-16-24(22-14-19(29)2-3-23(22)30)34-35-28(25)40-17-18-12-21(38)13-18/h2-4,6,14-16,18,21,38H,5,7-13,17H2,1H3,(H2,31,32,33,34,39). The van der Waals surface area contributed by atoms with Crippen LogP contribution in [-0.4, -0.2) is 88.5 Å². The Kier molecular flexibility index (Phi) is 9.05. The number of nitrogens with zero attached hydrogens (tertiary/aromatic N) is 5. The van der Waals surface area contributed by atoms with Crippen LogP contribution in [0.1, 0.15) is 19.3 Å². The van der Waals surface area contributed by atoms with Crippen molar-refractivity contribution >= 4 is 34.7 Å². The summed E-state index contributed by atoms with van der Waals surface area (Å²) in [5, 5.41) is 24.5. The second-order valence-corrected chi connectivity index (χ2v) is 10.8. The summed E-state index contributed by atoms with van der Waals surface area (Å²) in [6.07, 6.45) is 3.01. The third-order valence-corrected chi connectivity index (χ3v) is 7.42. The van der Waals surface area contributed by atoms with Gasteiger partial charge in [0.05, 0.1) is 18.4 Å². The lowest BCUT2D eigenvalue weighted by Crippen LogP contribution is -2.45. The number of ether oxygens (including phenoxy) is 1. The minimum atomic E-state index is -0.479. The van der Waals surface area contributed by atoms with E-state index in [0.29, 0.717) is 54.6 Å². The van der Waals surface area contributed by atoms with Gasteiger partial charge in [-0.15, -0.1) is 10.2 Å². The Bertz CT molecular complexity index is 1330. The first-order valence-corrected chi connectivity index (χ1v) is 13.8. The highest BCUT2D eigenvalue weighted by molar-refractivity contribution is 6.30. The fraction of sp³-hybridized carbons (Fsp3) is 0.429. The van der Waals surface area contributed by atoms with Gasteiger partial charge >= 0.3 is 0 Å². The molecule has 3 N–H and O–H groups in total. The number of halogens is 2. The molecule has 1 saturated carbocycles. The van der Waals surface area contributed by atoms with Gasteiger partial charge in [-0.3, -0.25) is 4.79 Å². The van der Waals surface area contributed by atoms with Crippen LogP contribution in [0.3, 0.4) is 0 Å². The SMILES string of the molecule is CN1CCN(CCC(=O)Nc2cc(Nc3cc(-c4cc(Cl)ccc4F)nnc3OCC3CC(O)C3)ccn2)CC1. The van der Waals surface area contributed by atoms with E-state index in [-0.39, 0.29) is 35.1 Å². The van der Waals surface area contributed by atoms with E-state index in [9.17, 15) is 14.3 Å². The van der Waals surface area contributed by atoms with E-state index in [1.54, 1.807) is 24.4 Å². The zero-order valence-electron chi connectivity index (χ0n) is 22.3. The lowest BCUT2D eigenvalue weighted by atomic mass is 9.83. The van der Waals surface area contributed by atoms with Crippen LogP contribution in [0.5, 0.6) is 5.88 Å². The highest BCUT2D eigenvalue weighted by Crippen LogP contribution is 2.33. The number of rotatable bonds is 10. The number of piperazine rings is 1. The number of aliphatic hydroxyl groups excluding tert-OH is 1. The molecule has 40 heavy (non-hydrogen) atoms. The van der Waals surface area contributed by atoms with Crippen LogP contribution < -0.4 is 15.4 Å². The van der Waals surface area contributed by atoms with Crippen molar-refractivity contribution in [3.05, 3.63) is 53.4 Å². The molecule has 10 nitrogen and oxygen atoms in total. The smallest absolute Gasteiger partial charge is 0.257 e. The van der Waals surface area contributed by atoms with Gasteiger partial charge in [0.25, 0.3) is 5.88 Å². The number of carbonyl (C=O) groups is 1. The molecule has 2 aliphatic rings. The molecule has 3 heterocycles. The highest BCUT2D eigenvalue weighted by atomic mass is 35.5. The van der Waals surface area contributed by atoms with E-state index in [1.807, 2.05) is 0 Å². The molecule has 5 rings (SSSR count). The molecule has 0 bridgehead atoms. The molecule has 1 aromatic carbocycles. The Hall–Kier alpha value is -3.38. The first-order chi connectivity index (χ1) is 19.3. The quantitative estimate of drug-likeness (QED) is 0.335. The Labute approximate surface area is 237 Å². The molecule has 212 valence electrons. The number of hydrogen-bond donors (Lipinski definition) is 3. The number of aromatic nitrogens is 3. The summed E-state index contributed by atoms with van der Waals surface area (Å²) in [6.45, 7) is 4.97. The monoisotopic (exact) mass is 569 g/mol. The summed E-state index contributed by atoms with van der Waals surface area (Å²) in [7, 11) is 2.10. The topological polar surface area (TPSA) is 116 Å². The normalized spacial score (nSPS) is 19.6. The zero-order chi connectivity index (χ0) is 28.1. The second kappa shape index (κ2) is 12.9. The molecular weight excluding hydrogens is 537 g/mol. The number of carbonyl (C=O) groups excluding carboxylic acids is 1. The van der Waals surface area contributed by atoms with Crippen LogP contribution in [-0.2, 0) is 4.79 Å². The summed E-state index contributed by atoms with van der Waals surface area (Å²) >= 11 is 6.10. The Morgan fingerprint density at radius 2 is 1.95 bits per heavy atom. The summed E-state index contributed by atoms with van der Waals surface area (Å²) < 4.78 is 20.5. The third-order valence-electron chi connectivity index (χ3n) is 7.19. The highest BCUT2D eigenvalue weighted by Gasteiger charge is 2.28. The van der Waals surface area contributed by atoms with Gasteiger partial charge in [0, 0.05) is 67.7 Å². The number of likely N-dealkylation sites (N-methyl/N-ethyl adjacent to an activating group) is 1. The average molecular weight is 570 g/mol. The van der Waals surface area contributed by atoms with Gasteiger partial charge in [-0.2, -0.15) is 0 Å². The number of nitrogens with one attached hydrogen (secondary N) is 2. The maximum absolute atomic E-state index is 14.6. The summed E-state index contributed by atoms with van der Waals surface area (Å²) in [6, 6.07) is 9.33. The van der Waals surface area contributed by atoms with Crippen molar-refractivity contribution < 1.29 is 19.0 Å². The number of hydrogen-bond acceptors (Lipinski definition) is 9. The minimum absolute atomic E-state index is 0.111. The van der Waals surface area contributed by atoms with Crippen molar-refractivity contribution in [3.63, 3.8) is 0 Å². The molecule has 2 fully saturated rings. The molecule has 1 aliphatic heterocycles. The summed E-state index contributed by atoms with van der Waals surface area (Å²) in [4.78, 5) is 21.4. The van der Waals surface area contributed by atoms with Crippen LogP contribution in [0.2, 0.25) is 5.02 Å². The van der Waals surface area contributed by atoms with E-state index < -0.39 is 5.82 Å². The maximum atomic E-state index is 14.6. The van der Waals surface area contributed by atoms with E-state index in [0.717, 1.165) is 26.2 Å². The van der Waals surface area contributed by atoms with Crippen molar-refractivity contribution in [1.29, 1.82) is 0 Å². The summed E-state index contributed by atoms with van der Waals surface area (Å²) in [5.41, 5.74) is 1.57. The lowest BCUT2D eigenvalue weighted by Gasteiger charge is -2.32. The first-order valence-electron chi connectivity index (χ1n) is 13.4. The van der Waals surface area contributed by atoms with E-state index >= 15 is 0 Å². The van der Waals surface area contributed by atoms with Gasteiger partial charge in [-0.25, -0.2) is 9.37 Å². The molecule has 0 radical (unpaired) electrons. The van der Waals surface area contributed by atoms with Crippen LogP contribution >= 0.6 is 11.6 Å². The van der Waals surface area contributed by atoms with Gasteiger partial charge in [0.15, 0.2) is 0 Å². The number of amides is 1. The van der Waals surface area contributed by atoms with Crippen molar-refractivity contribution in [2.24, 2.45) is 5.92 Å². The van der Waals surface area contributed by atoms with Gasteiger partial charge in [0.2, 0.25) is 5.91 Å². The van der Waals surface area contributed by atoms with Crippen LogP contribution in [0.15, 0.2) is 42.6 Å². The molecule has 2 aromatic heterocycles. The molecule has 1 amide bonds. The molecular formula is C28H33ClFN7O3. The van der Waals surface area contributed by atoms with Crippen LogP contribution in [0, 0.1) is 11.7 Å². The largest absolute Gasteiger partial charge is 0.475 e. The average Bonchev–Trinajstić information content (AvgIpc) is 2.92. The van der Waals surface area contributed by atoms with Crippen LogP contribution in [0.4, 0.5) is 21.6 Å². The molecule has 1 aliphatic carbocycles. The number of anilines is 3. The third kappa shape index (κ3) is 7.42. The van der Waals surface area contributed by atoms with Gasteiger partial charge in [-0.1, -0.05) is 11.6 Å². The lowest BCUT2D eigenvalue weighted by molar-refractivity contribution is -0.116. The second-order valence-electron chi connectivity index (χ2n) is 10.4. The zero-order valence-corrected chi connectivity index (χ0v) is 23.1. The number of pyridine rings is 1. The predicted molar refractivity (Wildman–Crippen MR) is 151 cm³/mol. The fourth-order valence-corrected chi connectivity index (χ4v) is 4.88. The van der Waals surface area contributed by atoms with Crippen molar-refractivity contribution in [2.75, 3.05) is 57.0 Å². The molecule has 0 spiro atoms. The predicted octanol–water partition coefficient (Wildman–Crippen LogP) is 3.80. The fourth-order valence-electron chi connectivity index (χ4n) is 4.70. The number of benzene rings is 1. The van der Waals surface area contributed by atoms with Crippen molar-refractivity contribution in [3.8, 4) is 17.1 Å². The Morgan fingerprint density at radius 3 is 2.73 bits per heavy atom. The molecule has 3 aromatic rings. The van der Waals surface area contributed by atoms with Crippen molar-refractivity contribution in [2.45, 2.75) is 25.4 Å². The Balaban J connectivity index is 1.29. The van der Waals surface area contributed by atoms with E-state index in [1.165, 1.54) is 18.2 Å². The van der Waals surface area contributed by atoms with E-state index in [4.69, 9.17) is 16.3 Å². The van der Waals surface area contributed by atoms with Crippen LogP contribution in [0.25, 0.3) is 11.3 Å². The molecule has 12 heteroatoms. The van der Waals surface area contributed by atoms with Crippen molar-refractivity contribution in [1.82, 2.24) is 25.0 Å². The van der Waals surface area contributed by atoms with Gasteiger partial charge in [0.1, 0.15) is 17.3 Å². The van der Waals surface area contributed by atoms with E-state index in [2.05, 4.69) is 42.7 Å². The maximum Gasteiger partial charge on any atom is 0.257 e. The Morgan fingerprint density at radius 1 is 1.15 bits per heavy atom. The first kappa shape index (κ1) is 28.2. The summed E-state index contributed by atoms with van der Waals surface area (Å²) in [5.74, 6) is 0.278. The number of aliphatic hydroxyl groups is 1.